The number of nitrogens with one attached hydrogen (secondary N) is 3. The molecule has 0 saturated carbocycles. The second kappa shape index (κ2) is 8.48. The van der Waals surface area contributed by atoms with E-state index in [-0.39, 0.29) is 10.9 Å². The van der Waals surface area contributed by atoms with Crippen molar-refractivity contribution in [3.05, 3.63) is 54.4 Å². The zero-order valence-corrected chi connectivity index (χ0v) is 15.0. The lowest BCUT2D eigenvalue weighted by atomic mass is 10.1. The zero-order valence-electron chi connectivity index (χ0n) is 14.2. The average molecular weight is 362 g/mol. The van der Waals surface area contributed by atoms with Gasteiger partial charge >= 0.3 is 6.03 Å². The zero-order chi connectivity index (χ0) is 18.3. The van der Waals surface area contributed by atoms with Gasteiger partial charge in [0.2, 0.25) is 0 Å². The van der Waals surface area contributed by atoms with Gasteiger partial charge in [-0.2, -0.15) is 0 Å². The molecular weight excluding hydrogens is 340 g/mol. The Morgan fingerprint density at radius 1 is 1.16 bits per heavy atom. The quantitative estimate of drug-likeness (QED) is 0.701. The Labute approximate surface area is 147 Å². The second-order valence-corrected chi connectivity index (χ2v) is 7.42. The molecule has 0 bridgehead atoms. The average Bonchev–Trinajstić information content (AvgIpc) is 2.55. The van der Waals surface area contributed by atoms with Crippen LogP contribution in [0.25, 0.3) is 0 Å². The number of hydrogen-bond acceptors (Lipinski definition) is 5. The molecule has 0 unspecified atom stereocenters. The second-order valence-electron chi connectivity index (χ2n) is 5.77. The number of anilines is 1. The maximum Gasteiger partial charge on any atom is 0.328 e. The van der Waals surface area contributed by atoms with E-state index in [1.54, 1.807) is 19.9 Å². The molecule has 25 heavy (non-hydrogen) atoms. The Bertz CT molecular complexity index is 808. The number of carbonyl (C=O) groups excluding carboxylic acids is 1. The minimum atomic E-state index is -4.02. The van der Waals surface area contributed by atoms with Crippen LogP contribution in [-0.4, -0.2) is 32.0 Å². The number of nitrogens with zero attached hydrogens (tertiary/aromatic N) is 1. The standard InChI is InChI=1S/C17H22N4O3S/c1-13(2)20-17(22)21-25(23,24)16-12-18-10-9-15(16)19-11-8-14-6-4-3-5-7-14/h3-7,9-10,12-13H,8,11H2,1-2H3,(H,18,19)(H2,20,21,22). The van der Waals surface area contributed by atoms with Crippen molar-refractivity contribution >= 4 is 21.7 Å². The highest BCUT2D eigenvalue weighted by Crippen LogP contribution is 2.19. The van der Waals surface area contributed by atoms with Crippen molar-refractivity contribution in [3.63, 3.8) is 0 Å². The maximum atomic E-state index is 12.4. The molecule has 0 aliphatic carbocycles. The fourth-order valence-electron chi connectivity index (χ4n) is 2.20. The van der Waals surface area contributed by atoms with Gasteiger partial charge in [0.1, 0.15) is 4.90 Å². The molecule has 7 nitrogen and oxygen atoms in total. The third-order valence-electron chi connectivity index (χ3n) is 3.29. The number of carbonyl (C=O) groups is 1. The van der Waals surface area contributed by atoms with Gasteiger partial charge in [-0.05, 0) is 31.9 Å². The number of pyridine rings is 1. The van der Waals surface area contributed by atoms with Crippen LogP contribution in [0.5, 0.6) is 0 Å². The number of amides is 2. The van der Waals surface area contributed by atoms with Crippen LogP contribution in [-0.2, 0) is 16.4 Å². The van der Waals surface area contributed by atoms with Gasteiger partial charge < -0.3 is 10.6 Å². The first-order valence-corrected chi connectivity index (χ1v) is 9.42. The molecule has 2 aromatic rings. The lowest BCUT2D eigenvalue weighted by Gasteiger charge is -2.14. The molecule has 8 heteroatoms. The largest absolute Gasteiger partial charge is 0.384 e. The first kappa shape index (κ1) is 18.7. The first-order chi connectivity index (χ1) is 11.9. The van der Waals surface area contributed by atoms with Crippen molar-refractivity contribution in [2.24, 2.45) is 0 Å². The Kier molecular flexibility index (Phi) is 6.35. The molecule has 0 fully saturated rings. The number of sulfonamides is 1. The molecule has 0 saturated heterocycles. The summed E-state index contributed by atoms with van der Waals surface area (Å²) in [5.41, 5.74) is 1.54. The monoisotopic (exact) mass is 362 g/mol. The molecule has 2 rings (SSSR count). The SMILES string of the molecule is CC(C)NC(=O)NS(=O)(=O)c1cnccc1NCCc1ccccc1. The summed E-state index contributed by atoms with van der Waals surface area (Å²) >= 11 is 0. The van der Waals surface area contributed by atoms with Crippen molar-refractivity contribution in [2.45, 2.75) is 31.2 Å². The van der Waals surface area contributed by atoms with Crippen LogP contribution in [0, 0.1) is 0 Å². The summed E-state index contributed by atoms with van der Waals surface area (Å²) in [7, 11) is -4.02. The summed E-state index contributed by atoms with van der Waals surface area (Å²) in [6, 6.07) is 10.5. The Hall–Kier alpha value is -2.61. The smallest absolute Gasteiger partial charge is 0.328 e. The van der Waals surface area contributed by atoms with Crippen LogP contribution in [0.1, 0.15) is 19.4 Å². The van der Waals surface area contributed by atoms with Crippen LogP contribution in [0.2, 0.25) is 0 Å². The summed E-state index contributed by atoms with van der Waals surface area (Å²) in [4.78, 5) is 15.5. The third kappa shape index (κ3) is 5.75. The van der Waals surface area contributed by atoms with Gasteiger partial charge in [-0.3, -0.25) is 4.98 Å². The number of benzene rings is 1. The molecule has 1 aromatic carbocycles. The summed E-state index contributed by atoms with van der Waals surface area (Å²) in [6.07, 6.45) is 3.46. The normalized spacial score (nSPS) is 11.2. The van der Waals surface area contributed by atoms with E-state index >= 15 is 0 Å². The lowest BCUT2D eigenvalue weighted by Crippen LogP contribution is -2.42. The fraction of sp³-hybridized carbons (Fsp3) is 0.294. The van der Waals surface area contributed by atoms with Crippen molar-refractivity contribution in [2.75, 3.05) is 11.9 Å². The fourth-order valence-corrected chi connectivity index (χ4v) is 3.24. The molecule has 0 aliphatic heterocycles. The van der Waals surface area contributed by atoms with E-state index in [0.29, 0.717) is 12.2 Å². The number of rotatable bonds is 7. The van der Waals surface area contributed by atoms with Gasteiger partial charge in [-0.15, -0.1) is 0 Å². The van der Waals surface area contributed by atoms with Crippen molar-refractivity contribution in [3.8, 4) is 0 Å². The van der Waals surface area contributed by atoms with E-state index < -0.39 is 16.1 Å². The molecule has 0 aliphatic rings. The molecule has 2 amide bonds. The summed E-state index contributed by atoms with van der Waals surface area (Å²) < 4.78 is 26.8. The molecule has 0 atom stereocenters. The number of urea groups is 1. The Morgan fingerprint density at radius 3 is 2.56 bits per heavy atom. The van der Waals surface area contributed by atoms with Gasteiger partial charge in [-0.1, -0.05) is 30.3 Å². The lowest BCUT2D eigenvalue weighted by molar-refractivity contribution is 0.243. The van der Waals surface area contributed by atoms with Gasteiger partial charge in [0.05, 0.1) is 5.69 Å². The van der Waals surface area contributed by atoms with Crippen LogP contribution in [0.3, 0.4) is 0 Å². The Balaban J connectivity index is 2.07. The number of aromatic nitrogens is 1. The molecule has 0 radical (unpaired) electrons. The minimum Gasteiger partial charge on any atom is -0.384 e. The number of hydrogen-bond donors (Lipinski definition) is 3. The van der Waals surface area contributed by atoms with E-state index in [1.165, 1.54) is 12.4 Å². The van der Waals surface area contributed by atoms with E-state index in [4.69, 9.17) is 0 Å². The predicted molar refractivity (Wildman–Crippen MR) is 96.9 cm³/mol. The van der Waals surface area contributed by atoms with E-state index in [0.717, 1.165) is 12.0 Å². The third-order valence-corrected chi connectivity index (χ3v) is 4.65. The Morgan fingerprint density at radius 2 is 1.88 bits per heavy atom. The van der Waals surface area contributed by atoms with E-state index in [9.17, 15) is 13.2 Å². The van der Waals surface area contributed by atoms with Gasteiger partial charge in [0.15, 0.2) is 0 Å². The molecule has 1 heterocycles. The maximum absolute atomic E-state index is 12.4. The predicted octanol–water partition coefficient (Wildman–Crippen LogP) is 2.13. The van der Waals surface area contributed by atoms with Crippen molar-refractivity contribution in [1.29, 1.82) is 0 Å². The van der Waals surface area contributed by atoms with Crippen LogP contribution in [0.15, 0.2) is 53.7 Å². The summed E-state index contributed by atoms with van der Waals surface area (Å²) in [5.74, 6) is 0. The highest BCUT2D eigenvalue weighted by molar-refractivity contribution is 7.90. The van der Waals surface area contributed by atoms with Gasteiger partial charge in [-0.25, -0.2) is 17.9 Å². The summed E-state index contributed by atoms with van der Waals surface area (Å²) in [6.45, 7) is 4.04. The molecular formula is C17H22N4O3S. The minimum absolute atomic E-state index is 0.0676. The summed E-state index contributed by atoms with van der Waals surface area (Å²) in [5, 5.41) is 5.57. The van der Waals surface area contributed by atoms with E-state index in [2.05, 4.69) is 15.6 Å². The highest BCUT2D eigenvalue weighted by Gasteiger charge is 2.21. The van der Waals surface area contributed by atoms with Crippen LogP contribution >= 0.6 is 0 Å². The molecule has 134 valence electrons. The van der Waals surface area contributed by atoms with E-state index in [1.807, 2.05) is 35.1 Å². The first-order valence-electron chi connectivity index (χ1n) is 7.93. The van der Waals surface area contributed by atoms with Gasteiger partial charge in [0.25, 0.3) is 10.0 Å². The topological polar surface area (TPSA) is 100 Å². The van der Waals surface area contributed by atoms with Crippen molar-refractivity contribution in [1.82, 2.24) is 15.0 Å². The van der Waals surface area contributed by atoms with Crippen LogP contribution < -0.4 is 15.4 Å². The van der Waals surface area contributed by atoms with Crippen LogP contribution in [0.4, 0.5) is 10.5 Å². The van der Waals surface area contributed by atoms with Crippen molar-refractivity contribution < 1.29 is 13.2 Å². The van der Waals surface area contributed by atoms with Gasteiger partial charge in [0, 0.05) is 25.0 Å². The molecule has 0 spiro atoms. The molecule has 1 aromatic heterocycles. The highest BCUT2D eigenvalue weighted by atomic mass is 32.2. The molecule has 3 N–H and O–H groups in total.